The molecule has 0 aliphatic carbocycles. The van der Waals surface area contributed by atoms with E-state index in [1.807, 2.05) is 42.5 Å². The van der Waals surface area contributed by atoms with Gasteiger partial charge >= 0.3 is 5.76 Å². The van der Waals surface area contributed by atoms with E-state index >= 15 is 0 Å². The first-order valence-electron chi connectivity index (χ1n) is 12.4. The van der Waals surface area contributed by atoms with Crippen LogP contribution < -0.4 is 20.0 Å². The minimum absolute atomic E-state index is 0.321. The summed E-state index contributed by atoms with van der Waals surface area (Å²) in [5.41, 5.74) is 5.07. The van der Waals surface area contributed by atoms with Gasteiger partial charge in [-0.05, 0) is 66.8 Å². The predicted octanol–water partition coefficient (Wildman–Crippen LogP) is 5.03. The summed E-state index contributed by atoms with van der Waals surface area (Å²) in [6.07, 6.45) is 2.90. The molecule has 3 aromatic carbocycles. The Morgan fingerprint density at radius 2 is 1.64 bits per heavy atom. The third kappa shape index (κ3) is 5.26. The molecule has 0 atom stereocenters. The quantitative estimate of drug-likeness (QED) is 0.292. The van der Waals surface area contributed by atoms with E-state index < -0.39 is 0 Å². The Kier molecular flexibility index (Phi) is 7.28. The smallest absolute Gasteiger partial charge is 0.419 e. The van der Waals surface area contributed by atoms with Crippen LogP contribution in [0.4, 0.5) is 0 Å². The van der Waals surface area contributed by atoms with E-state index in [9.17, 15) is 4.79 Å². The minimum atomic E-state index is -0.321. The van der Waals surface area contributed by atoms with Crippen LogP contribution in [0.5, 0.6) is 17.2 Å². The molecule has 0 N–H and O–H groups in total. The summed E-state index contributed by atoms with van der Waals surface area (Å²) in [4.78, 5) is 15.0. The van der Waals surface area contributed by atoms with Crippen LogP contribution in [0.15, 0.2) is 69.9 Å². The second-order valence-electron chi connectivity index (χ2n) is 9.13. The monoisotopic (exact) mass is 488 g/mol. The zero-order chi connectivity index (χ0) is 24.9. The first-order valence-corrected chi connectivity index (χ1v) is 12.4. The molecule has 5 rings (SSSR count). The fourth-order valence-electron chi connectivity index (χ4n) is 4.83. The number of nitrogens with zero attached hydrogens (tertiary/aromatic N) is 2. The molecule has 36 heavy (non-hydrogen) atoms. The molecule has 0 unspecified atom stereocenters. The Morgan fingerprint density at radius 1 is 0.889 bits per heavy atom. The van der Waals surface area contributed by atoms with Gasteiger partial charge in [-0.15, -0.1) is 0 Å². The molecule has 1 aliphatic heterocycles. The van der Waals surface area contributed by atoms with Crippen LogP contribution in [-0.2, 0) is 26.1 Å². The van der Waals surface area contributed by atoms with Gasteiger partial charge in [0.25, 0.3) is 0 Å². The number of ether oxygens (including phenoxy) is 3. The highest BCUT2D eigenvalue weighted by Gasteiger charge is 2.19. The number of fused-ring (bicyclic) bond motifs is 2. The van der Waals surface area contributed by atoms with Gasteiger partial charge in [-0.3, -0.25) is 9.47 Å². The molecule has 0 saturated heterocycles. The molecule has 0 saturated carbocycles. The van der Waals surface area contributed by atoms with E-state index in [4.69, 9.17) is 18.6 Å². The Morgan fingerprint density at radius 3 is 2.42 bits per heavy atom. The highest BCUT2D eigenvalue weighted by molar-refractivity contribution is 5.74. The molecule has 0 radical (unpaired) electrons. The van der Waals surface area contributed by atoms with Crippen molar-refractivity contribution in [3.8, 4) is 17.2 Å². The van der Waals surface area contributed by atoms with Crippen LogP contribution in [-0.4, -0.2) is 36.8 Å². The topological polar surface area (TPSA) is 66.1 Å². The van der Waals surface area contributed by atoms with Crippen molar-refractivity contribution in [2.24, 2.45) is 0 Å². The van der Waals surface area contributed by atoms with Crippen LogP contribution in [0.3, 0.4) is 0 Å². The fraction of sp³-hybridized carbons (Fsp3) is 0.345. The lowest BCUT2D eigenvalue weighted by atomic mass is 9.98. The standard InChI is InChI=1S/C29H32N2O5/c1-33-27-16-22-12-15-30(19-23(22)17-28(27)34-2)13-6-7-14-31-25-11-10-24(18-26(25)36-29(31)32)35-20-21-8-4-3-5-9-21/h3-5,8-11,16-18H,6-7,12-15,19-20H2,1-2H3. The first kappa shape index (κ1) is 24.0. The van der Waals surface area contributed by atoms with Gasteiger partial charge in [0, 0.05) is 25.7 Å². The number of aryl methyl sites for hydroxylation is 1. The van der Waals surface area contributed by atoms with Gasteiger partial charge in [-0.2, -0.15) is 0 Å². The second kappa shape index (κ2) is 10.9. The Balaban J connectivity index is 1.15. The van der Waals surface area contributed by atoms with Crippen molar-refractivity contribution < 1.29 is 18.6 Å². The first-order chi connectivity index (χ1) is 17.6. The van der Waals surface area contributed by atoms with E-state index in [1.165, 1.54) is 11.1 Å². The average Bonchev–Trinajstić information content (AvgIpc) is 3.23. The molecule has 0 fully saturated rings. The summed E-state index contributed by atoms with van der Waals surface area (Å²) >= 11 is 0. The van der Waals surface area contributed by atoms with E-state index in [2.05, 4.69) is 17.0 Å². The van der Waals surface area contributed by atoms with Crippen LogP contribution in [0, 0.1) is 0 Å². The minimum Gasteiger partial charge on any atom is -0.493 e. The van der Waals surface area contributed by atoms with E-state index in [1.54, 1.807) is 24.9 Å². The van der Waals surface area contributed by atoms with Crippen molar-refractivity contribution in [2.45, 2.75) is 39.0 Å². The summed E-state index contributed by atoms with van der Waals surface area (Å²) in [7, 11) is 3.34. The van der Waals surface area contributed by atoms with Crippen molar-refractivity contribution in [1.29, 1.82) is 0 Å². The van der Waals surface area contributed by atoms with Crippen molar-refractivity contribution in [3.05, 3.63) is 87.9 Å². The number of hydrogen-bond donors (Lipinski definition) is 0. The molecule has 1 aliphatic rings. The van der Waals surface area contributed by atoms with E-state index in [0.717, 1.165) is 61.5 Å². The molecule has 1 aromatic heterocycles. The predicted molar refractivity (Wildman–Crippen MR) is 139 cm³/mol. The van der Waals surface area contributed by atoms with Crippen molar-refractivity contribution >= 4 is 11.1 Å². The maximum atomic E-state index is 12.5. The zero-order valence-electron chi connectivity index (χ0n) is 20.9. The largest absolute Gasteiger partial charge is 0.493 e. The van der Waals surface area contributed by atoms with Crippen molar-refractivity contribution in [1.82, 2.24) is 9.47 Å². The Labute approximate surface area is 210 Å². The van der Waals surface area contributed by atoms with Gasteiger partial charge in [0.05, 0.1) is 19.7 Å². The van der Waals surface area contributed by atoms with Crippen LogP contribution in [0.1, 0.15) is 29.5 Å². The second-order valence-corrected chi connectivity index (χ2v) is 9.13. The van der Waals surface area contributed by atoms with Gasteiger partial charge < -0.3 is 18.6 Å². The van der Waals surface area contributed by atoms with Gasteiger partial charge in [-0.25, -0.2) is 4.79 Å². The van der Waals surface area contributed by atoms with Crippen molar-refractivity contribution in [3.63, 3.8) is 0 Å². The fourth-order valence-corrected chi connectivity index (χ4v) is 4.83. The summed E-state index contributed by atoms with van der Waals surface area (Å²) in [5.74, 6) is 1.93. The maximum absolute atomic E-state index is 12.5. The lowest BCUT2D eigenvalue weighted by molar-refractivity contribution is 0.245. The number of rotatable bonds is 10. The number of oxazole rings is 1. The van der Waals surface area contributed by atoms with E-state index in [-0.39, 0.29) is 5.76 Å². The Hall–Kier alpha value is -3.71. The Bertz CT molecular complexity index is 1380. The third-order valence-corrected chi connectivity index (χ3v) is 6.79. The molecule has 0 bridgehead atoms. The van der Waals surface area contributed by atoms with Crippen molar-refractivity contribution in [2.75, 3.05) is 27.3 Å². The molecule has 188 valence electrons. The molecule has 0 amide bonds. The van der Waals surface area contributed by atoms with Gasteiger partial charge in [0.2, 0.25) is 0 Å². The normalized spacial score (nSPS) is 13.5. The number of methoxy groups -OCH3 is 2. The van der Waals surface area contributed by atoms with Gasteiger partial charge in [0.15, 0.2) is 17.1 Å². The maximum Gasteiger partial charge on any atom is 0.419 e. The highest BCUT2D eigenvalue weighted by Crippen LogP contribution is 2.33. The number of unbranched alkanes of at least 4 members (excludes halogenated alkanes) is 1. The lowest BCUT2D eigenvalue weighted by Crippen LogP contribution is -2.31. The summed E-state index contributed by atoms with van der Waals surface area (Å²) in [6, 6.07) is 19.8. The molecular weight excluding hydrogens is 456 g/mol. The molecular formula is C29H32N2O5. The molecule has 7 heteroatoms. The summed E-state index contributed by atoms with van der Waals surface area (Å²) in [5, 5.41) is 0. The SMILES string of the molecule is COc1cc2c(cc1OC)CN(CCCCn1c(=O)oc3cc(OCc4ccccc4)ccc31)CC2. The number of benzene rings is 3. The van der Waals surface area contributed by atoms with Gasteiger partial charge in [-0.1, -0.05) is 30.3 Å². The molecule has 7 nitrogen and oxygen atoms in total. The van der Waals surface area contributed by atoms with Crippen LogP contribution >= 0.6 is 0 Å². The van der Waals surface area contributed by atoms with Gasteiger partial charge in [0.1, 0.15) is 12.4 Å². The third-order valence-electron chi connectivity index (χ3n) is 6.79. The zero-order valence-corrected chi connectivity index (χ0v) is 20.9. The number of aromatic nitrogens is 1. The van der Waals surface area contributed by atoms with Crippen LogP contribution in [0.2, 0.25) is 0 Å². The van der Waals surface area contributed by atoms with Crippen LogP contribution in [0.25, 0.3) is 11.1 Å². The molecule has 4 aromatic rings. The average molecular weight is 489 g/mol. The molecule has 2 heterocycles. The van der Waals surface area contributed by atoms with E-state index in [0.29, 0.717) is 24.5 Å². The highest BCUT2D eigenvalue weighted by atomic mass is 16.5. The number of hydrogen-bond acceptors (Lipinski definition) is 6. The molecule has 0 spiro atoms. The summed E-state index contributed by atoms with van der Waals surface area (Å²) < 4.78 is 24.0. The summed E-state index contributed by atoms with van der Waals surface area (Å²) in [6.45, 7) is 4.00. The lowest BCUT2D eigenvalue weighted by Gasteiger charge is -2.29.